The SMILES string of the molecule is Cc1cc(C(Nc2cccc(-c3ccc(C(=O)N[C@@H](C)C(=O)O)c(Cl)c3)c2)C(F)(F)F)ccc1Cl. The zero-order valence-corrected chi connectivity index (χ0v) is 20.1. The van der Waals surface area contributed by atoms with Gasteiger partial charge in [-0.25, -0.2) is 0 Å². The summed E-state index contributed by atoms with van der Waals surface area (Å²) in [4.78, 5) is 23.2. The lowest BCUT2D eigenvalue weighted by molar-refractivity contribution is -0.144. The first-order valence-corrected chi connectivity index (χ1v) is 11.2. The Balaban J connectivity index is 1.87. The van der Waals surface area contributed by atoms with Gasteiger partial charge in [0.25, 0.3) is 5.91 Å². The molecule has 35 heavy (non-hydrogen) atoms. The van der Waals surface area contributed by atoms with Crippen LogP contribution in [0.3, 0.4) is 0 Å². The van der Waals surface area contributed by atoms with Gasteiger partial charge in [0.05, 0.1) is 10.6 Å². The average Bonchev–Trinajstić information content (AvgIpc) is 2.78. The molecule has 184 valence electrons. The van der Waals surface area contributed by atoms with Crippen molar-refractivity contribution in [1.82, 2.24) is 5.32 Å². The first-order chi connectivity index (χ1) is 16.4. The van der Waals surface area contributed by atoms with Crippen molar-refractivity contribution in [2.45, 2.75) is 32.1 Å². The standard InChI is InChI=1S/C25H21Cl2F3N2O3/c1-13-10-17(7-9-20(13)26)22(25(28,29)30)32-18-5-3-4-15(11-18)16-6-8-19(21(27)12-16)23(33)31-14(2)24(34)35/h3-12,14,22,32H,1-2H3,(H,31,33)(H,34,35)/t14-,22?/m0/s1. The molecule has 3 rings (SSSR count). The second kappa shape index (κ2) is 10.6. The number of aryl methyl sites for hydroxylation is 1. The summed E-state index contributed by atoms with van der Waals surface area (Å²) in [5.41, 5.74) is 1.99. The van der Waals surface area contributed by atoms with Crippen LogP contribution in [0.2, 0.25) is 10.0 Å². The molecule has 0 fully saturated rings. The number of carboxylic acids is 1. The van der Waals surface area contributed by atoms with Gasteiger partial charge >= 0.3 is 12.1 Å². The molecular weight excluding hydrogens is 504 g/mol. The number of anilines is 1. The minimum absolute atomic E-state index is 0.0267. The van der Waals surface area contributed by atoms with Gasteiger partial charge in [-0.05, 0) is 66.4 Å². The van der Waals surface area contributed by atoms with Crippen LogP contribution in [0.15, 0.2) is 60.7 Å². The summed E-state index contributed by atoms with van der Waals surface area (Å²) in [7, 11) is 0. The highest BCUT2D eigenvalue weighted by Gasteiger charge is 2.41. The van der Waals surface area contributed by atoms with Gasteiger partial charge in [-0.1, -0.05) is 53.5 Å². The summed E-state index contributed by atoms with van der Waals surface area (Å²) in [5.74, 6) is -1.85. The maximum Gasteiger partial charge on any atom is 0.412 e. The monoisotopic (exact) mass is 524 g/mol. The molecule has 3 N–H and O–H groups in total. The van der Waals surface area contributed by atoms with Crippen LogP contribution in [0, 0.1) is 6.92 Å². The number of nitrogens with one attached hydrogen (secondary N) is 2. The van der Waals surface area contributed by atoms with E-state index < -0.39 is 30.1 Å². The van der Waals surface area contributed by atoms with E-state index in [1.54, 1.807) is 31.2 Å². The number of alkyl halides is 3. The van der Waals surface area contributed by atoms with Gasteiger partial charge in [-0.2, -0.15) is 13.2 Å². The van der Waals surface area contributed by atoms with E-state index in [4.69, 9.17) is 28.3 Å². The van der Waals surface area contributed by atoms with E-state index in [-0.39, 0.29) is 21.8 Å². The predicted octanol–water partition coefficient (Wildman–Crippen LogP) is 6.89. The molecule has 0 saturated heterocycles. The van der Waals surface area contributed by atoms with E-state index in [9.17, 15) is 22.8 Å². The van der Waals surface area contributed by atoms with Crippen LogP contribution in [-0.4, -0.2) is 29.2 Å². The Hall–Kier alpha value is -3.23. The van der Waals surface area contributed by atoms with Crippen LogP contribution >= 0.6 is 23.2 Å². The Morgan fingerprint density at radius 1 is 0.943 bits per heavy atom. The molecule has 5 nitrogen and oxygen atoms in total. The largest absolute Gasteiger partial charge is 0.480 e. The third kappa shape index (κ3) is 6.46. The summed E-state index contributed by atoms with van der Waals surface area (Å²) >= 11 is 12.2. The number of hydrogen-bond donors (Lipinski definition) is 3. The smallest absolute Gasteiger partial charge is 0.412 e. The molecule has 1 unspecified atom stereocenters. The Morgan fingerprint density at radius 2 is 1.63 bits per heavy atom. The summed E-state index contributed by atoms with van der Waals surface area (Å²) in [6.45, 7) is 2.95. The first kappa shape index (κ1) is 26.4. The minimum atomic E-state index is -4.57. The van der Waals surface area contributed by atoms with Gasteiger partial charge in [0.1, 0.15) is 12.1 Å². The molecule has 2 atom stereocenters. The molecule has 0 aliphatic rings. The number of amides is 1. The molecule has 0 aliphatic heterocycles. The van der Waals surface area contributed by atoms with E-state index >= 15 is 0 Å². The van der Waals surface area contributed by atoms with Crippen molar-refractivity contribution in [3.63, 3.8) is 0 Å². The molecule has 0 bridgehead atoms. The summed E-state index contributed by atoms with van der Waals surface area (Å²) in [6, 6.07) is 11.9. The zero-order valence-electron chi connectivity index (χ0n) is 18.6. The first-order valence-electron chi connectivity index (χ1n) is 10.4. The molecule has 3 aromatic rings. The van der Waals surface area contributed by atoms with Crippen molar-refractivity contribution in [2.75, 3.05) is 5.32 Å². The van der Waals surface area contributed by atoms with Crippen molar-refractivity contribution in [3.05, 3.63) is 87.4 Å². The maximum atomic E-state index is 13.9. The Bertz CT molecular complexity index is 1260. The highest BCUT2D eigenvalue weighted by Crippen LogP contribution is 2.37. The van der Waals surface area contributed by atoms with Crippen LogP contribution in [0.5, 0.6) is 0 Å². The summed E-state index contributed by atoms with van der Waals surface area (Å²) in [6.07, 6.45) is -4.57. The maximum absolute atomic E-state index is 13.9. The topological polar surface area (TPSA) is 78.4 Å². The molecular formula is C25H21Cl2F3N2O3. The Labute approximate surface area is 209 Å². The van der Waals surface area contributed by atoms with Crippen molar-refractivity contribution in [1.29, 1.82) is 0 Å². The fourth-order valence-corrected chi connectivity index (χ4v) is 3.76. The lowest BCUT2D eigenvalue weighted by atomic mass is 10.0. The molecule has 0 heterocycles. The van der Waals surface area contributed by atoms with E-state index in [2.05, 4.69) is 10.6 Å². The van der Waals surface area contributed by atoms with Crippen LogP contribution in [0.25, 0.3) is 11.1 Å². The van der Waals surface area contributed by atoms with E-state index in [0.29, 0.717) is 21.7 Å². The highest BCUT2D eigenvalue weighted by atomic mass is 35.5. The number of halogens is 5. The van der Waals surface area contributed by atoms with Gasteiger partial charge in [0.15, 0.2) is 0 Å². The quantitative estimate of drug-likeness (QED) is 0.314. The third-order valence-electron chi connectivity index (χ3n) is 5.28. The van der Waals surface area contributed by atoms with Crippen molar-refractivity contribution >= 4 is 40.8 Å². The van der Waals surface area contributed by atoms with Crippen LogP contribution in [-0.2, 0) is 4.79 Å². The highest BCUT2D eigenvalue weighted by molar-refractivity contribution is 6.34. The van der Waals surface area contributed by atoms with Crippen LogP contribution in [0.4, 0.5) is 18.9 Å². The Morgan fingerprint density at radius 3 is 2.23 bits per heavy atom. The van der Waals surface area contributed by atoms with Crippen molar-refractivity contribution in [3.8, 4) is 11.1 Å². The van der Waals surface area contributed by atoms with Crippen LogP contribution in [0.1, 0.15) is 34.5 Å². The fraction of sp³-hybridized carbons (Fsp3) is 0.200. The number of rotatable bonds is 7. The van der Waals surface area contributed by atoms with Crippen molar-refractivity contribution in [2.24, 2.45) is 0 Å². The normalized spacial score (nSPS) is 13.1. The summed E-state index contributed by atoms with van der Waals surface area (Å²) < 4.78 is 41.6. The van der Waals surface area contributed by atoms with E-state index in [1.165, 1.54) is 43.3 Å². The lowest BCUT2D eigenvalue weighted by Gasteiger charge is -2.24. The number of benzene rings is 3. The van der Waals surface area contributed by atoms with E-state index in [0.717, 1.165) is 0 Å². The third-order valence-corrected chi connectivity index (χ3v) is 6.02. The zero-order chi connectivity index (χ0) is 25.9. The van der Waals surface area contributed by atoms with Gasteiger partial charge in [-0.3, -0.25) is 9.59 Å². The lowest BCUT2D eigenvalue weighted by Crippen LogP contribution is -2.38. The van der Waals surface area contributed by atoms with Gasteiger partial charge in [-0.15, -0.1) is 0 Å². The average molecular weight is 525 g/mol. The molecule has 0 spiro atoms. The fourth-order valence-electron chi connectivity index (χ4n) is 3.37. The second-order valence-electron chi connectivity index (χ2n) is 7.94. The van der Waals surface area contributed by atoms with Gasteiger partial charge in [0, 0.05) is 10.7 Å². The molecule has 0 aliphatic carbocycles. The molecule has 0 saturated carbocycles. The predicted molar refractivity (Wildman–Crippen MR) is 130 cm³/mol. The van der Waals surface area contributed by atoms with Crippen molar-refractivity contribution < 1.29 is 27.9 Å². The number of aliphatic carboxylic acids is 1. The molecule has 0 radical (unpaired) electrons. The molecule has 1 amide bonds. The minimum Gasteiger partial charge on any atom is -0.480 e. The molecule has 3 aromatic carbocycles. The second-order valence-corrected chi connectivity index (χ2v) is 8.75. The molecule has 0 aromatic heterocycles. The van der Waals surface area contributed by atoms with Crippen LogP contribution < -0.4 is 10.6 Å². The Kier molecular flexibility index (Phi) is 7.97. The summed E-state index contributed by atoms with van der Waals surface area (Å²) in [5, 5.41) is 14.3. The molecule has 10 heteroatoms. The van der Waals surface area contributed by atoms with Gasteiger partial charge in [0.2, 0.25) is 0 Å². The number of carboxylic acid groups (broad SMARTS) is 1. The number of hydrogen-bond acceptors (Lipinski definition) is 3. The van der Waals surface area contributed by atoms with E-state index in [1.807, 2.05) is 0 Å². The number of carbonyl (C=O) groups is 2. The van der Waals surface area contributed by atoms with Gasteiger partial charge < -0.3 is 15.7 Å². The number of carbonyl (C=O) groups excluding carboxylic acids is 1.